The average molecular weight is 336 g/mol. The number of rotatable bonds is 6. The quantitative estimate of drug-likeness (QED) is 0.807. The van der Waals surface area contributed by atoms with Gasteiger partial charge in [0.15, 0.2) is 0 Å². The largest absolute Gasteiger partial charge is 0.340 e. The van der Waals surface area contributed by atoms with Crippen molar-refractivity contribution in [1.82, 2.24) is 9.80 Å². The summed E-state index contributed by atoms with van der Waals surface area (Å²) in [6, 6.07) is 21.3. The number of piperazine rings is 1. The molecule has 1 fully saturated rings. The van der Waals surface area contributed by atoms with E-state index in [0.717, 1.165) is 39.0 Å². The summed E-state index contributed by atoms with van der Waals surface area (Å²) in [5, 5.41) is 0. The van der Waals surface area contributed by atoms with Gasteiger partial charge in [-0.3, -0.25) is 9.69 Å². The molecule has 0 saturated carbocycles. The van der Waals surface area contributed by atoms with Crippen molar-refractivity contribution in [3.05, 3.63) is 71.8 Å². The lowest BCUT2D eigenvalue weighted by Gasteiger charge is -2.40. The van der Waals surface area contributed by atoms with Crippen molar-refractivity contribution in [2.75, 3.05) is 26.2 Å². The first-order valence-corrected chi connectivity index (χ1v) is 9.32. The highest BCUT2D eigenvalue weighted by molar-refractivity contribution is 5.76. The minimum Gasteiger partial charge on any atom is -0.340 e. The third-order valence-corrected chi connectivity index (χ3v) is 5.12. The van der Waals surface area contributed by atoms with Crippen molar-refractivity contribution in [2.24, 2.45) is 0 Å². The van der Waals surface area contributed by atoms with E-state index >= 15 is 0 Å². The summed E-state index contributed by atoms with van der Waals surface area (Å²) in [6.45, 7) is 5.99. The Kier molecular flexibility index (Phi) is 6.24. The molecule has 1 atom stereocenters. The zero-order valence-corrected chi connectivity index (χ0v) is 15.1. The molecule has 1 aliphatic heterocycles. The first-order valence-electron chi connectivity index (χ1n) is 9.32. The molecule has 0 radical (unpaired) electrons. The van der Waals surface area contributed by atoms with E-state index in [0.29, 0.717) is 18.4 Å². The van der Waals surface area contributed by atoms with Crippen LogP contribution in [-0.2, 0) is 17.6 Å². The van der Waals surface area contributed by atoms with Crippen LogP contribution in [0.4, 0.5) is 0 Å². The van der Waals surface area contributed by atoms with E-state index in [1.165, 1.54) is 11.1 Å². The Morgan fingerprint density at radius 3 is 2.12 bits per heavy atom. The summed E-state index contributed by atoms with van der Waals surface area (Å²) < 4.78 is 0. The Morgan fingerprint density at radius 2 is 1.52 bits per heavy atom. The van der Waals surface area contributed by atoms with Gasteiger partial charge in [0.1, 0.15) is 0 Å². The van der Waals surface area contributed by atoms with Crippen LogP contribution in [0.2, 0.25) is 0 Å². The van der Waals surface area contributed by atoms with Gasteiger partial charge < -0.3 is 4.90 Å². The minimum atomic E-state index is 0.290. The monoisotopic (exact) mass is 336 g/mol. The second-order valence-corrected chi connectivity index (χ2v) is 6.95. The summed E-state index contributed by atoms with van der Waals surface area (Å²) in [4.78, 5) is 17.1. The van der Waals surface area contributed by atoms with Crippen LogP contribution in [0.1, 0.15) is 24.5 Å². The lowest BCUT2D eigenvalue weighted by molar-refractivity contribution is -0.134. The van der Waals surface area contributed by atoms with Gasteiger partial charge in [-0.1, -0.05) is 60.7 Å². The van der Waals surface area contributed by atoms with Gasteiger partial charge in [-0.2, -0.15) is 0 Å². The van der Waals surface area contributed by atoms with Crippen molar-refractivity contribution in [1.29, 1.82) is 0 Å². The molecule has 3 heteroatoms. The third-order valence-electron chi connectivity index (χ3n) is 5.12. The van der Waals surface area contributed by atoms with Crippen LogP contribution in [0.5, 0.6) is 0 Å². The number of carbonyl (C=O) groups excluding carboxylic acids is 1. The first kappa shape index (κ1) is 17.7. The molecule has 3 nitrogen and oxygen atoms in total. The van der Waals surface area contributed by atoms with E-state index < -0.39 is 0 Å². The summed E-state index contributed by atoms with van der Waals surface area (Å²) in [7, 11) is 0. The molecule has 3 rings (SSSR count). The molecule has 0 aliphatic carbocycles. The second-order valence-electron chi connectivity index (χ2n) is 6.95. The van der Waals surface area contributed by atoms with E-state index in [9.17, 15) is 4.79 Å². The summed E-state index contributed by atoms with van der Waals surface area (Å²) in [5.74, 6) is 0.290. The lowest BCUT2D eigenvalue weighted by atomic mass is 10.1. The molecule has 0 spiro atoms. The predicted molar refractivity (Wildman–Crippen MR) is 103 cm³/mol. The van der Waals surface area contributed by atoms with Crippen LogP contribution in [0.3, 0.4) is 0 Å². The summed E-state index contributed by atoms with van der Waals surface area (Å²) in [6.07, 6.45) is 2.52. The van der Waals surface area contributed by atoms with E-state index in [4.69, 9.17) is 0 Å². The summed E-state index contributed by atoms with van der Waals surface area (Å²) in [5.41, 5.74) is 2.63. The Labute approximate surface area is 151 Å². The molecule has 1 heterocycles. The van der Waals surface area contributed by atoms with Crippen LogP contribution in [0.25, 0.3) is 0 Å². The molecule has 25 heavy (non-hydrogen) atoms. The van der Waals surface area contributed by atoms with Crippen molar-refractivity contribution in [3.63, 3.8) is 0 Å². The molecule has 132 valence electrons. The highest BCUT2D eigenvalue weighted by Crippen LogP contribution is 2.13. The van der Waals surface area contributed by atoms with Gasteiger partial charge in [0.25, 0.3) is 0 Å². The molecule has 1 saturated heterocycles. The fourth-order valence-corrected chi connectivity index (χ4v) is 3.53. The zero-order valence-electron chi connectivity index (χ0n) is 15.1. The van der Waals surface area contributed by atoms with Crippen LogP contribution in [0, 0.1) is 0 Å². The molecule has 1 aliphatic rings. The third kappa shape index (κ3) is 5.17. The number of nitrogens with zero attached hydrogens (tertiary/aromatic N) is 2. The van der Waals surface area contributed by atoms with Gasteiger partial charge >= 0.3 is 0 Å². The van der Waals surface area contributed by atoms with Crippen molar-refractivity contribution in [3.8, 4) is 0 Å². The maximum atomic E-state index is 12.5. The topological polar surface area (TPSA) is 23.6 Å². The SMILES string of the molecule is CC1CN(C(=O)CCc2ccccc2)CCN1CCc1ccccc1. The van der Waals surface area contributed by atoms with Gasteiger partial charge in [-0.15, -0.1) is 0 Å². The highest BCUT2D eigenvalue weighted by atomic mass is 16.2. The molecule has 1 unspecified atom stereocenters. The van der Waals surface area contributed by atoms with Gasteiger partial charge in [-0.05, 0) is 30.9 Å². The van der Waals surface area contributed by atoms with Crippen LogP contribution in [0.15, 0.2) is 60.7 Å². The molecular formula is C22H28N2O. The molecule has 0 bridgehead atoms. The van der Waals surface area contributed by atoms with Gasteiger partial charge in [0, 0.05) is 38.6 Å². The zero-order chi connectivity index (χ0) is 17.5. The van der Waals surface area contributed by atoms with Gasteiger partial charge in [0.05, 0.1) is 0 Å². The van der Waals surface area contributed by atoms with Crippen LogP contribution in [-0.4, -0.2) is 47.9 Å². The van der Waals surface area contributed by atoms with Gasteiger partial charge in [0.2, 0.25) is 5.91 Å². The standard InChI is InChI=1S/C22H28N2O/c1-19-18-24(22(25)13-12-20-8-4-2-5-9-20)17-16-23(19)15-14-21-10-6-3-7-11-21/h2-11,19H,12-18H2,1H3. The Hall–Kier alpha value is -2.13. The maximum Gasteiger partial charge on any atom is 0.222 e. The van der Waals surface area contributed by atoms with Crippen molar-refractivity contribution >= 4 is 5.91 Å². The van der Waals surface area contributed by atoms with Crippen molar-refractivity contribution in [2.45, 2.75) is 32.2 Å². The molecular weight excluding hydrogens is 308 g/mol. The van der Waals surface area contributed by atoms with E-state index in [1.807, 2.05) is 23.1 Å². The Bertz CT molecular complexity index is 656. The number of benzene rings is 2. The smallest absolute Gasteiger partial charge is 0.222 e. The Morgan fingerprint density at radius 1 is 0.920 bits per heavy atom. The lowest BCUT2D eigenvalue weighted by Crippen LogP contribution is -2.54. The minimum absolute atomic E-state index is 0.290. The van der Waals surface area contributed by atoms with E-state index in [1.54, 1.807) is 0 Å². The number of amides is 1. The molecule has 1 amide bonds. The molecule has 2 aromatic rings. The number of hydrogen-bond donors (Lipinski definition) is 0. The summed E-state index contributed by atoms with van der Waals surface area (Å²) >= 11 is 0. The predicted octanol–water partition coefficient (Wildman–Crippen LogP) is 3.39. The molecule has 2 aromatic carbocycles. The fraction of sp³-hybridized carbons (Fsp3) is 0.409. The molecule has 0 aromatic heterocycles. The number of carbonyl (C=O) groups is 1. The first-order chi connectivity index (χ1) is 12.2. The van der Waals surface area contributed by atoms with Crippen molar-refractivity contribution < 1.29 is 4.79 Å². The highest BCUT2D eigenvalue weighted by Gasteiger charge is 2.26. The van der Waals surface area contributed by atoms with Crippen LogP contribution >= 0.6 is 0 Å². The number of hydrogen-bond acceptors (Lipinski definition) is 2. The van der Waals surface area contributed by atoms with E-state index in [-0.39, 0.29) is 0 Å². The van der Waals surface area contributed by atoms with Crippen LogP contribution < -0.4 is 0 Å². The Balaban J connectivity index is 1.43. The average Bonchev–Trinajstić information content (AvgIpc) is 2.66. The van der Waals surface area contributed by atoms with Gasteiger partial charge in [-0.25, -0.2) is 0 Å². The fourth-order valence-electron chi connectivity index (χ4n) is 3.53. The normalized spacial score (nSPS) is 18.3. The maximum absolute atomic E-state index is 12.5. The second kappa shape index (κ2) is 8.82. The number of aryl methyl sites for hydroxylation is 1. The van der Waals surface area contributed by atoms with E-state index in [2.05, 4.69) is 54.3 Å². The molecule has 0 N–H and O–H groups in total.